The summed E-state index contributed by atoms with van der Waals surface area (Å²) in [6.07, 6.45) is 0. The number of hydrogen-bond acceptors (Lipinski definition) is 5. The van der Waals surface area contributed by atoms with Crippen molar-refractivity contribution in [3.8, 4) is 5.75 Å². The Morgan fingerprint density at radius 3 is 2.88 bits per heavy atom. The van der Waals surface area contributed by atoms with Gasteiger partial charge in [0.25, 0.3) is 5.69 Å². The lowest BCUT2D eigenvalue weighted by atomic mass is 10.1. The minimum absolute atomic E-state index is 0.149. The number of methoxy groups -OCH3 is 1. The molecule has 8 nitrogen and oxygen atoms in total. The topological polar surface area (TPSA) is 121 Å². The molecule has 0 aromatic heterocycles. The first-order valence-electron chi connectivity index (χ1n) is 4.61. The molecule has 0 bridgehead atoms. The maximum atomic E-state index is 10.8. The summed E-state index contributed by atoms with van der Waals surface area (Å²) in [7, 11) is 1.38. The van der Waals surface area contributed by atoms with E-state index in [0.717, 1.165) is 0 Å². The standard InChI is InChI=1S/C9H10N4O4/c1-17-6-2-3-7(8(5-14)11-12-10)9(4-6)13(15)16/h2-4,8,14H,5H2,1H3. The summed E-state index contributed by atoms with van der Waals surface area (Å²) in [5.41, 5.74) is 8.21. The molecule has 17 heavy (non-hydrogen) atoms. The van der Waals surface area contributed by atoms with Gasteiger partial charge in [-0.05, 0) is 17.7 Å². The molecule has 0 spiro atoms. The van der Waals surface area contributed by atoms with Crippen molar-refractivity contribution in [3.63, 3.8) is 0 Å². The molecule has 0 heterocycles. The van der Waals surface area contributed by atoms with Crippen molar-refractivity contribution in [2.24, 2.45) is 5.11 Å². The van der Waals surface area contributed by atoms with Crippen LogP contribution in [0.5, 0.6) is 5.75 Å². The van der Waals surface area contributed by atoms with Crippen LogP contribution in [0.15, 0.2) is 23.3 Å². The van der Waals surface area contributed by atoms with Gasteiger partial charge in [-0.1, -0.05) is 5.11 Å². The highest BCUT2D eigenvalue weighted by molar-refractivity contribution is 5.47. The van der Waals surface area contributed by atoms with Gasteiger partial charge in [0.1, 0.15) is 5.75 Å². The molecular formula is C9H10N4O4. The van der Waals surface area contributed by atoms with Gasteiger partial charge in [0.2, 0.25) is 0 Å². The van der Waals surface area contributed by atoms with E-state index in [4.69, 9.17) is 15.4 Å². The lowest BCUT2D eigenvalue weighted by Crippen LogP contribution is -2.04. The molecule has 1 atom stereocenters. The highest BCUT2D eigenvalue weighted by Crippen LogP contribution is 2.31. The Kier molecular flexibility index (Phi) is 4.27. The van der Waals surface area contributed by atoms with Crippen LogP contribution in [-0.4, -0.2) is 23.7 Å². The van der Waals surface area contributed by atoms with E-state index >= 15 is 0 Å². The van der Waals surface area contributed by atoms with Gasteiger partial charge in [-0.3, -0.25) is 10.1 Å². The zero-order chi connectivity index (χ0) is 12.8. The van der Waals surface area contributed by atoms with Crippen LogP contribution in [0.3, 0.4) is 0 Å². The Hall–Kier alpha value is -2.31. The number of nitro benzene ring substituents is 1. The van der Waals surface area contributed by atoms with Crippen LogP contribution in [0.4, 0.5) is 5.69 Å². The molecule has 1 aromatic rings. The zero-order valence-electron chi connectivity index (χ0n) is 8.98. The van der Waals surface area contributed by atoms with Gasteiger partial charge in [-0.2, -0.15) is 0 Å². The average molecular weight is 238 g/mol. The predicted octanol–water partition coefficient (Wildman–Crippen LogP) is 1.95. The van der Waals surface area contributed by atoms with E-state index in [-0.39, 0.29) is 11.3 Å². The van der Waals surface area contributed by atoms with Crippen molar-refractivity contribution in [2.45, 2.75) is 6.04 Å². The molecule has 0 fully saturated rings. The summed E-state index contributed by atoms with van der Waals surface area (Å²) in [6.45, 7) is -0.503. The fourth-order valence-corrected chi connectivity index (χ4v) is 1.35. The molecule has 0 aliphatic heterocycles. The van der Waals surface area contributed by atoms with Crippen LogP contribution in [0.1, 0.15) is 11.6 Å². The summed E-state index contributed by atoms with van der Waals surface area (Å²) in [4.78, 5) is 12.8. The molecule has 0 saturated heterocycles. The number of aliphatic hydroxyl groups excluding tert-OH is 1. The molecule has 0 aliphatic rings. The van der Waals surface area contributed by atoms with Crippen molar-refractivity contribution in [1.82, 2.24) is 0 Å². The number of rotatable bonds is 5. The Balaban J connectivity index is 3.31. The van der Waals surface area contributed by atoms with Gasteiger partial charge in [0.05, 0.1) is 30.7 Å². The first-order chi connectivity index (χ1) is 8.13. The van der Waals surface area contributed by atoms with Gasteiger partial charge in [-0.25, -0.2) is 0 Å². The summed E-state index contributed by atoms with van der Waals surface area (Å²) < 4.78 is 4.86. The smallest absolute Gasteiger partial charge is 0.276 e. The van der Waals surface area contributed by atoms with Gasteiger partial charge in [-0.15, -0.1) is 0 Å². The molecule has 1 rings (SSSR count). The lowest BCUT2D eigenvalue weighted by Gasteiger charge is -2.09. The maximum Gasteiger partial charge on any atom is 0.276 e. The van der Waals surface area contributed by atoms with Crippen molar-refractivity contribution in [2.75, 3.05) is 13.7 Å². The highest BCUT2D eigenvalue weighted by Gasteiger charge is 2.21. The molecule has 8 heteroatoms. The third-order valence-corrected chi connectivity index (χ3v) is 2.16. The number of benzene rings is 1. The van der Waals surface area contributed by atoms with Gasteiger partial charge in [0.15, 0.2) is 0 Å². The molecule has 0 amide bonds. The molecule has 0 saturated carbocycles. The second-order valence-electron chi connectivity index (χ2n) is 3.09. The quantitative estimate of drug-likeness (QED) is 0.277. The molecule has 1 N–H and O–H groups in total. The molecule has 1 aromatic carbocycles. The van der Waals surface area contributed by atoms with Crippen LogP contribution < -0.4 is 4.74 Å². The van der Waals surface area contributed by atoms with E-state index in [0.29, 0.717) is 5.75 Å². The van der Waals surface area contributed by atoms with Crippen molar-refractivity contribution in [1.29, 1.82) is 0 Å². The number of aliphatic hydroxyl groups is 1. The Morgan fingerprint density at radius 1 is 1.71 bits per heavy atom. The predicted molar refractivity (Wildman–Crippen MR) is 58.6 cm³/mol. The Labute approximate surface area is 96.2 Å². The SMILES string of the molecule is COc1ccc(C(CO)N=[N+]=[N-])c([N+](=O)[O-])c1. The highest BCUT2D eigenvalue weighted by atomic mass is 16.6. The number of nitro groups is 1. The second kappa shape index (κ2) is 5.69. The first-order valence-corrected chi connectivity index (χ1v) is 4.61. The van der Waals surface area contributed by atoms with Gasteiger partial charge in [0, 0.05) is 10.5 Å². The second-order valence-corrected chi connectivity index (χ2v) is 3.09. The number of nitrogens with zero attached hydrogens (tertiary/aromatic N) is 4. The summed E-state index contributed by atoms with van der Waals surface area (Å²) in [6, 6.07) is 3.13. The minimum atomic E-state index is -0.980. The fraction of sp³-hybridized carbons (Fsp3) is 0.333. The van der Waals surface area contributed by atoms with Crippen molar-refractivity contribution >= 4 is 5.69 Å². The molecule has 90 valence electrons. The summed E-state index contributed by atoms with van der Waals surface area (Å²) in [5, 5.41) is 23.2. The third-order valence-electron chi connectivity index (χ3n) is 2.16. The van der Waals surface area contributed by atoms with E-state index in [1.54, 1.807) is 0 Å². The molecule has 0 radical (unpaired) electrons. The van der Waals surface area contributed by atoms with Crippen molar-refractivity contribution < 1.29 is 14.8 Å². The van der Waals surface area contributed by atoms with Crippen LogP contribution >= 0.6 is 0 Å². The average Bonchev–Trinajstić information content (AvgIpc) is 2.35. The number of hydrogen-bond donors (Lipinski definition) is 1. The number of ether oxygens (including phenoxy) is 1. The van der Waals surface area contributed by atoms with E-state index in [9.17, 15) is 10.1 Å². The Bertz CT molecular complexity index is 470. The van der Waals surface area contributed by atoms with Gasteiger partial charge < -0.3 is 9.84 Å². The van der Waals surface area contributed by atoms with Gasteiger partial charge >= 0.3 is 0 Å². The van der Waals surface area contributed by atoms with E-state index in [1.165, 1.54) is 25.3 Å². The van der Waals surface area contributed by atoms with Crippen LogP contribution in [0.25, 0.3) is 10.4 Å². The molecule has 0 aliphatic carbocycles. The van der Waals surface area contributed by atoms with E-state index < -0.39 is 17.6 Å². The van der Waals surface area contributed by atoms with Crippen LogP contribution in [0.2, 0.25) is 0 Å². The molecular weight excluding hydrogens is 228 g/mol. The fourth-order valence-electron chi connectivity index (χ4n) is 1.35. The van der Waals surface area contributed by atoms with Crippen LogP contribution in [-0.2, 0) is 0 Å². The summed E-state index contributed by atoms with van der Waals surface area (Å²) in [5.74, 6) is 0.318. The van der Waals surface area contributed by atoms with Crippen LogP contribution in [0, 0.1) is 10.1 Å². The third kappa shape index (κ3) is 2.83. The van der Waals surface area contributed by atoms with E-state index in [1.807, 2.05) is 0 Å². The first kappa shape index (κ1) is 12.8. The summed E-state index contributed by atoms with van der Waals surface area (Å²) >= 11 is 0. The monoisotopic (exact) mass is 238 g/mol. The number of azide groups is 1. The zero-order valence-corrected chi connectivity index (χ0v) is 8.98. The molecule has 1 unspecified atom stereocenters. The normalized spacial score (nSPS) is 11.4. The van der Waals surface area contributed by atoms with Crippen molar-refractivity contribution in [3.05, 3.63) is 44.3 Å². The lowest BCUT2D eigenvalue weighted by molar-refractivity contribution is -0.385. The largest absolute Gasteiger partial charge is 0.497 e. The van der Waals surface area contributed by atoms with E-state index in [2.05, 4.69) is 10.0 Å². The maximum absolute atomic E-state index is 10.8. The Morgan fingerprint density at radius 2 is 2.41 bits per heavy atom. The minimum Gasteiger partial charge on any atom is -0.497 e.